The van der Waals surface area contributed by atoms with Crippen molar-refractivity contribution in [1.82, 2.24) is 25.1 Å². The molecule has 0 aliphatic carbocycles. The van der Waals surface area contributed by atoms with Crippen molar-refractivity contribution in [3.63, 3.8) is 0 Å². The SMILES string of the molecule is CCCn1nnc2cc(-c3nc(-c4ccc(C(F)(F)F)c(F)c4)no3)ccc21. The third-order valence-electron chi connectivity index (χ3n) is 4.15. The first kappa shape index (κ1) is 18.1. The second-order valence-corrected chi connectivity index (χ2v) is 6.13. The van der Waals surface area contributed by atoms with Gasteiger partial charge in [0.1, 0.15) is 11.3 Å². The predicted octanol–water partition coefficient (Wildman–Crippen LogP) is 4.72. The molecule has 0 fully saturated rings. The number of alkyl halides is 3. The average molecular weight is 391 g/mol. The Balaban J connectivity index is 1.66. The fourth-order valence-electron chi connectivity index (χ4n) is 2.82. The van der Waals surface area contributed by atoms with Gasteiger partial charge in [-0.25, -0.2) is 9.07 Å². The third-order valence-corrected chi connectivity index (χ3v) is 4.15. The molecule has 0 unspecified atom stereocenters. The summed E-state index contributed by atoms with van der Waals surface area (Å²) in [6, 6.07) is 7.78. The van der Waals surface area contributed by atoms with E-state index in [1.54, 1.807) is 16.8 Å². The molecule has 28 heavy (non-hydrogen) atoms. The molecule has 2 heterocycles. The van der Waals surface area contributed by atoms with Crippen LogP contribution in [0.3, 0.4) is 0 Å². The van der Waals surface area contributed by atoms with Crippen molar-refractivity contribution >= 4 is 11.0 Å². The first-order valence-corrected chi connectivity index (χ1v) is 8.41. The van der Waals surface area contributed by atoms with Crippen LogP contribution < -0.4 is 0 Å². The summed E-state index contributed by atoms with van der Waals surface area (Å²) in [5.74, 6) is -1.27. The highest BCUT2D eigenvalue weighted by Gasteiger charge is 2.34. The van der Waals surface area contributed by atoms with Gasteiger partial charge in [0.05, 0.1) is 11.1 Å². The molecule has 0 N–H and O–H groups in total. The van der Waals surface area contributed by atoms with E-state index in [4.69, 9.17) is 4.52 Å². The van der Waals surface area contributed by atoms with Crippen molar-refractivity contribution in [2.75, 3.05) is 0 Å². The minimum atomic E-state index is -4.77. The Labute approximate surface area is 155 Å². The summed E-state index contributed by atoms with van der Waals surface area (Å²) in [5.41, 5.74) is 0.805. The van der Waals surface area contributed by atoms with Gasteiger partial charge in [-0.3, -0.25) is 0 Å². The van der Waals surface area contributed by atoms with Crippen LogP contribution in [-0.4, -0.2) is 25.1 Å². The second kappa shape index (κ2) is 6.70. The number of hydrogen-bond acceptors (Lipinski definition) is 5. The summed E-state index contributed by atoms with van der Waals surface area (Å²) in [5, 5.41) is 11.9. The molecule has 4 rings (SSSR count). The van der Waals surface area contributed by atoms with Crippen LogP contribution in [0.25, 0.3) is 33.9 Å². The van der Waals surface area contributed by atoms with E-state index in [0.29, 0.717) is 17.1 Å². The molecule has 0 atom stereocenters. The Bertz CT molecular complexity index is 1150. The fraction of sp³-hybridized carbons (Fsp3) is 0.222. The molecule has 2 aromatic heterocycles. The summed E-state index contributed by atoms with van der Waals surface area (Å²) in [6.07, 6.45) is -3.85. The van der Waals surface area contributed by atoms with Crippen molar-refractivity contribution in [3.05, 3.63) is 47.8 Å². The number of benzene rings is 2. The highest BCUT2D eigenvalue weighted by Crippen LogP contribution is 2.33. The molecule has 0 aliphatic rings. The number of hydrogen-bond donors (Lipinski definition) is 0. The summed E-state index contributed by atoms with van der Waals surface area (Å²) >= 11 is 0. The molecule has 10 heteroatoms. The Morgan fingerprint density at radius 3 is 2.57 bits per heavy atom. The predicted molar refractivity (Wildman–Crippen MR) is 91.5 cm³/mol. The largest absolute Gasteiger partial charge is 0.419 e. The molecular formula is C18H13F4N5O. The summed E-state index contributed by atoms with van der Waals surface area (Å²) in [4.78, 5) is 4.15. The second-order valence-electron chi connectivity index (χ2n) is 6.13. The molecule has 144 valence electrons. The smallest absolute Gasteiger partial charge is 0.334 e. The van der Waals surface area contributed by atoms with Crippen LogP contribution in [0.4, 0.5) is 17.6 Å². The zero-order chi connectivity index (χ0) is 19.9. The molecule has 2 aromatic carbocycles. The van der Waals surface area contributed by atoms with Crippen LogP contribution in [0.5, 0.6) is 0 Å². The molecule has 6 nitrogen and oxygen atoms in total. The lowest BCUT2D eigenvalue weighted by Crippen LogP contribution is -2.07. The molecule has 0 amide bonds. The van der Waals surface area contributed by atoms with E-state index >= 15 is 0 Å². The minimum absolute atomic E-state index is 0.0163. The highest BCUT2D eigenvalue weighted by molar-refractivity contribution is 5.79. The number of halogens is 4. The van der Waals surface area contributed by atoms with Crippen molar-refractivity contribution in [3.8, 4) is 22.8 Å². The maximum Gasteiger partial charge on any atom is 0.419 e. The molecule has 0 bridgehead atoms. The van der Waals surface area contributed by atoms with Crippen LogP contribution in [0.2, 0.25) is 0 Å². The summed E-state index contributed by atoms with van der Waals surface area (Å²) in [6.45, 7) is 2.77. The molecule has 0 spiro atoms. The third kappa shape index (κ3) is 3.21. The Morgan fingerprint density at radius 1 is 1.07 bits per heavy atom. The van der Waals surface area contributed by atoms with Crippen LogP contribution in [0, 0.1) is 5.82 Å². The van der Waals surface area contributed by atoms with E-state index in [1.165, 1.54) is 0 Å². The molecule has 0 radical (unpaired) electrons. The number of aromatic nitrogens is 5. The zero-order valence-corrected chi connectivity index (χ0v) is 14.5. The zero-order valence-electron chi connectivity index (χ0n) is 14.5. The van der Waals surface area contributed by atoms with Gasteiger partial charge in [-0.15, -0.1) is 5.10 Å². The first-order valence-electron chi connectivity index (χ1n) is 8.41. The Hall–Kier alpha value is -3.30. The van der Waals surface area contributed by atoms with E-state index in [-0.39, 0.29) is 17.3 Å². The van der Waals surface area contributed by atoms with E-state index in [1.807, 2.05) is 13.0 Å². The Kier molecular flexibility index (Phi) is 4.33. The lowest BCUT2D eigenvalue weighted by atomic mass is 10.1. The Morgan fingerprint density at radius 2 is 1.86 bits per heavy atom. The molecule has 4 aromatic rings. The number of fused-ring (bicyclic) bond motifs is 1. The normalized spacial score (nSPS) is 12.0. The molecule has 0 aliphatic heterocycles. The van der Waals surface area contributed by atoms with Crippen molar-refractivity contribution in [2.24, 2.45) is 0 Å². The average Bonchev–Trinajstić information content (AvgIpc) is 3.28. The van der Waals surface area contributed by atoms with Gasteiger partial charge in [0.15, 0.2) is 0 Å². The van der Waals surface area contributed by atoms with E-state index < -0.39 is 17.6 Å². The van der Waals surface area contributed by atoms with Gasteiger partial charge in [0.2, 0.25) is 5.82 Å². The quantitative estimate of drug-likeness (QED) is 0.471. The number of nitrogens with zero attached hydrogens (tertiary/aromatic N) is 5. The summed E-state index contributed by atoms with van der Waals surface area (Å²) in [7, 11) is 0. The lowest BCUT2D eigenvalue weighted by Gasteiger charge is -2.07. The van der Waals surface area contributed by atoms with Crippen molar-refractivity contribution in [1.29, 1.82) is 0 Å². The molecule has 0 saturated heterocycles. The standard InChI is InChI=1S/C18H13F4N5O/c1-2-7-27-15-6-4-11(9-14(15)24-26-27)17-23-16(25-28-17)10-3-5-12(13(19)8-10)18(20,21)22/h3-6,8-9H,2,7H2,1H3. The van der Waals surface area contributed by atoms with Gasteiger partial charge in [-0.05, 0) is 36.8 Å². The maximum absolute atomic E-state index is 13.8. The van der Waals surface area contributed by atoms with Gasteiger partial charge >= 0.3 is 6.18 Å². The maximum atomic E-state index is 13.8. The van der Waals surface area contributed by atoms with Gasteiger partial charge in [-0.1, -0.05) is 23.4 Å². The van der Waals surface area contributed by atoms with Gasteiger partial charge < -0.3 is 4.52 Å². The fourth-order valence-corrected chi connectivity index (χ4v) is 2.82. The van der Waals surface area contributed by atoms with Crippen LogP contribution in [-0.2, 0) is 12.7 Å². The monoisotopic (exact) mass is 391 g/mol. The van der Waals surface area contributed by atoms with Crippen molar-refractivity contribution in [2.45, 2.75) is 26.1 Å². The first-order chi connectivity index (χ1) is 13.4. The van der Waals surface area contributed by atoms with Crippen LogP contribution in [0.15, 0.2) is 40.9 Å². The minimum Gasteiger partial charge on any atom is -0.334 e. The van der Waals surface area contributed by atoms with Gasteiger partial charge in [-0.2, -0.15) is 18.2 Å². The number of aryl methyl sites for hydroxylation is 1. The molecule has 0 saturated carbocycles. The van der Waals surface area contributed by atoms with Crippen molar-refractivity contribution < 1.29 is 22.1 Å². The summed E-state index contributed by atoms with van der Waals surface area (Å²) < 4.78 is 58.8. The number of rotatable bonds is 4. The lowest BCUT2D eigenvalue weighted by molar-refractivity contribution is -0.139. The topological polar surface area (TPSA) is 69.6 Å². The molecular weight excluding hydrogens is 378 g/mol. The highest BCUT2D eigenvalue weighted by atomic mass is 19.4. The van der Waals surface area contributed by atoms with Crippen LogP contribution in [0.1, 0.15) is 18.9 Å². The van der Waals surface area contributed by atoms with Crippen LogP contribution >= 0.6 is 0 Å². The van der Waals surface area contributed by atoms with E-state index in [2.05, 4.69) is 20.5 Å². The van der Waals surface area contributed by atoms with Gasteiger partial charge in [0, 0.05) is 17.7 Å². The van der Waals surface area contributed by atoms with E-state index in [9.17, 15) is 17.6 Å². The van der Waals surface area contributed by atoms with Gasteiger partial charge in [0.25, 0.3) is 5.89 Å². The van der Waals surface area contributed by atoms with E-state index in [0.717, 1.165) is 30.6 Å².